The smallest absolute Gasteiger partial charge is 0.341 e. The number of amides is 1. The molecule has 0 saturated heterocycles. The van der Waals surface area contributed by atoms with E-state index in [9.17, 15) is 22.0 Å². The van der Waals surface area contributed by atoms with Gasteiger partial charge in [-0.15, -0.1) is 0 Å². The van der Waals surface area contributed by atoms with Crippen molar-refractivity contribution in [2.24, 2.45) is 0 Å². The van der Waals surface area contributed by atoms with E-state index in [-0.39, 0.29) is 12.3 Å². The molecule has 0 spiro atoms. The number of nitrogens with one attached hydrogen (secondary N) is 1. The maximum atomic E-state index is 12.7. The van der Waals surface area contributed by atoms with Crippen molar-refractivity contribution in [3.05, 3.63) is 54.1 Å². The average Bonchev–Trinajstić information content (AvgIpc) is 2.60. The van der Waals surface area contributed by atoms with Crippen LogP contribution in [0.1, 0.15) is 12.5 Å². The summed E-state index contributed by atoms with van der Waals surface area (Å²) in [5.74, 6) is -3.69. The van der Waals surface area contributed by atoms with Gasteiger partial charge in [0.05, 0.1) is 10.6 Å². The van der Waals surface area contributed by atoms with Crippen LogP contribution >= 0.6 is 0 Å². The first-order chi connectivity index (χ1) is 11.9. The van der Waals surface area contributed by atoms with Gasteiger partial charge in [0.15, 0.2) is 6.61 Å². The summed E-state index contributed by atoms with van der Waals surface area (Å²) in [7, 11) is -4.82. The summed E-state index contributed by atoms with van der Waals surface area (Å²) in [6, 6.07) is 12.2. The van der Waals surface area contributed by atoms with Crippen LogP contribution in [-0.2, 0) is 21.1 Å². The predicted octanol–water partition coefficient (Wildman–Crippen LogP) is 3.26. The van der Waals surface area contributed by atoms with Crippen molar-refractivity contribution in [2.45, 2.75) is 24.0 Å². The molecule has 0 bridgehead atoms. The minimum atomic E-state index is -4.82. The summed E-state index contributed by atoms with van der Waals surface area (Å²) < 4.78 is 54.2. The Morgan fingerprint density at radius 3 is 2.44 bits per heavy atom. The van der Waals surface area contributed by atoms with Crippen molar-refractivity contribution in [3.8, 4) is 5.75 Å². The summed E-state index contributed by atoms with van der Waals surface area (Å²) in [6.07, 6.45) is 0.716. The van der Waals surface area contributed by atoms with Crippen molar-refractivity contribution in [2.75, 3.05) is 11.9 Å². The molecular formula is C17H17F2NO4S. The second-order valence-corrected chi connectivity index (χ2v) is 6.99. The Balaban J connectivity index is 2.12. The molecule has 25 heavy (non-hydrogen) atoms. The quantitative estimate of drug-likeness (QED) is 0.813. The Morgan fingerprint density at radius 1 is 1.12 bits per heavy atom. The van der Waals surface area contributed by atoms with Crippen LogP contribution in [0.3, 0.4) is 0 Å². The first-order valence-corrected chi connectivity index (χ1v) is 9.02. The van der Waals surface area contributed by atoms with Gasteiger partial charge in [0.1, 0.15) is 5.75 Å². The number of carbonyl (C=O) groups is 1. The zero-order chi connectivity index (χ0) is 18.4. The SMILES string of the molecule is CCc1ccccc1OCC(=O)Nc1ccccc1S(=O)(=O)C(F)F. The normalized spacial score (nSPS) is 11.4. The van der Waals surface area contributed by atoms with Gasteiger partial charge in [0, 0.05) is 0 Å². The van der Waals surface area contributed by atoms with Crippen LogP contribution in [0.2, 0.25) is 0 Å². The van der Waals surface area contributed by atoms with Gasteiger partial charge in [0.25, 0.3) is 5.91 Å². The third kappa shape index (κ3) is 4.54. The predicted molar refractivity (Wildman–Crippen MR) is 89.6 cm³/mol. The van der Waals surface area contributed by atoms with Crippen LogP contribution in [0.4, 0.5) is 14.5 Å². The third-order valence-corrected chi connectivity index (χ3v) is 4.85. The molecule has 0 fully saturated rings. The molecule has 2 aromatic carbocycles. The van der Waals surface area contributed by atoms with E-state index >= 15 is 0 Å². The van der Waals surface area contributed by atoms with Gasteiger partial charge >= 0.3 is 5.76 Å². The van der Waals surface area contributed by atoms with Gasteiger partial charge < -0.3 is 10.1 Å². The summed E-state index contributed by atoms with van der Waals surface area (Å²) >= 11 is 0. The molecule has 0 saturated carbocycles. The monoisotopic (exact) mass is 369 g/mol. The molecule has 0 aliphatic rings. The molecule has 0 heterocycles. The topological polar surface area (TPSA) is 72.5 Å². The summed E-state index contributed by atoms with van der Waals surface area (Å²) in [5.41, 5.74) is 0.705. The Morgan fingerprint density at radius 2 is 1.76 bits per heavy atom. The van der Waals surface area contributed by atoms with Crippen LogP contribution in [0.25, 0.3) is 0 Å². The number of sulfone groups is 1. The molecule has 2 rings (SSSR count). The zero-order valence-electron chi connectivity index (χ0n) is 13.4. The van der Waals surface area contributed by atoms with E-state index in [1.54, 1.807) is 12.1 Å². The Labute approximate surface area is 144 Å². The minimum absolute atomic E-state index is 0.208. The second kappa shape index (κ2) is 8.06. The fourth-order valence-corrected chi connectivity index (χ4v) is 3.07. The molecule has 0 aromatic heterocycles. The van der Waals surface area contributed by atoms with Crippen LogP contribution < -0.4 is 10.1 Å². The number of rotatable bonds is 7. The number of halogens is 2. The molecule has 0 unspecified atom stereocenters. The van der Waals surface area contributed by atoms with E-state index in [1.165, 1.54) is 18.2 Å². The molecule has 1 amide bonds. The fourth-order valence-electron chi connectivity index (χ4n) is 2.18. The number of alkyl halides is 2. The van der Waals surface area contributed by atoms with Crippen molar-refractivity contribution in [3.63, 3.8) is 0 Å². The van der Waals surface area contributed by atoms with Crippen LogP contribution in [0.15, 0.2) is 53.4 Å². The van der Waals surface area contributed by atoms with Gasteiger partial charge in [-0.1, -0.05) is 37.3 Å². The summed E-state index contributed by atoms with van der Waals surface area (Å²) in [5, 5.41) is 2.30. The number of carbonyl (C=O) groups excluding carboxylic acids is 1. The highest BCUT2D eigenvalue weighted by molar-refractivity contribution is 7.91. The molecule has 0 aliphatic heterocycles. The molecule has 5 nitrogen and oxygen atoms in total. The lowest BCUT2D eigenvalue weighted by molar-refractivity contribution is -0.118. The van der Waals surface area contributed by atoms with E-state index in [0.717, 1.165) is 11.6 Å². The number of anilines is 1. The lowest BCUT2D eigenvalue weighted by Gasteiger charge is -2.13. The molecule has 8 heteroatoms. The van der Waals surface area contributed by atoms with E-state index < -0.39 is 26.4 Å². The summed E-state index contributed by atoms with van der Waals surface area (Å²) in [6.45, 7) is 1.56. The van der Waals surface area contributed by atoms with E-state index in [1.807, 2.05) is 19.1 Å². The maximum absolute atomic E-state index is 12.7. The van der Waals surface area contributed by atoms with Crippen LogP contribution in [0.5, 0.6) is 5.75 Å². The zero-order valence-corrected chi connectivity index (χ0v) is 14.2. The number of para-hydroxylation sites is 2. The van der Waals surface area contributed by atoms with Crippen LogP contribution in [0, 0.1) is 0 Å². The largest absolute Gasteiger partial charge is 0.483 e. The van der Waals surface area contributed by atoms with Crippen molar-refractivity contribution >= 4 is 21.4 Å². The standard InChI is InChI=1S/C17H17F2NO4S/c1-2-12-7-3-5-9-14(12)24-11-16(21)20-13-8-4-6-10-15(13)25(22,23)17(18)19/h3-10,17H,2,11H2,1H3,(H,20,21). The third-order valence-electron chi connectivity index (χ3n) is 3.41. The van der Waals surface area contributed by atoms with Gasteiger partial charge in [-0.3, -0.25) is 4.79 Å². The number of benzene rings is 2. The van der Waals surface area contributed by atoms with Gasteiger partial charge in [-0.05, 0) is 30.2 Å². The number of hydrogen-bond donors (Lipinski definition) is 1. The number of ether oxygens (including phenoxy) is 1. The van der Waals surface area contributed by atoms with Gasteiger partial charge in [0.2, 0.25) is 9.84 Å². The summed E-state index contributed by atoms with van der Waals surface area (Å²) in [4.78, 5) is 11.4. The minimum Gasteiger partial charge on any atom is -0.483 e. The number of aryl methyl sites for hydroxylation is 1. The highest BCUT2D eigenvalue weighted by Gasteiger charge is 2.29. The Hall–Kier alpha value is -2.48. The Bertz CT molecular complexity index is 853. The molecule has 0 atom stereocenters. The van der Waals surface area contributed by atoms with E-state index in [0.29, 0.717) is 12.2 Å². The van der Waals surface area contributed by atoms with E-state index in [2.05, 4.69) is 5.32 Å². The van der Waals surface area contributed by atoms with Crippen molar-refractivity contribution in [1.82, 2.24) is 0 Å². The lowest BCUT2D eigenvalue weighted by Crippen LogP contribution is -2.22. The van der Waals surface area contributed by atoms with Crippen molar-refractivity contribution in [1.29, 1.82) is 0 Å². The lowest BCUT2D eigenvalue weighted by atomic mass is 10.1. The highest BCUT2D eigenvalue weighted by atomic mass is 32.2. The van der Waals surface area contributed by atoms with E-state index in [4.69, 9.17) is 4.74 Å². The molecule has 1 N–H and O–H groups in total. The number of hydrogen-bond acceptors (Lipinski definition) is 4. The first-order valence-electron chi connectivity index (χ1n) is 7.48. The molecule has 0 aliphatic carbocycles. The van der Waals surface area contributed by atoms with Crippen molar-refractivity contribution < 1.29 is 26.7 Å². The highest BCUT2D eigenvalue weighted by Crippen LogP contribution is 2.26. The molecule has 2 aromatic rings. The van der Waals surface area contributed by atoms with Crippen LogP contribution in [-0.4, -0.2) is 26.7 Å². The van der Waals surface area contributed by atoms with Gasteiger partial charge in [-0.25, -0.2) is 8.42 Å². The molecule has 0 radical (unpaired) electrons. The molecular weight excluding hydrogens is 352 g/mol. The fraction of sp³-hybridized carbons (Fsp3) is 0.235. The first kappa shape index (κ1) is 18.9. The second-order valence-electron chi connectivity index (χ2n) is 5.10. The maximum Gasteiger partial charge on any atom is 0.341 e. The molecule has 134 valence electrons. The average molecular weight is 369 g/mol. The van der Waals surface area contributed by atoms with Gasteiger partial charge in [-0.2, -0.15) is 8.78 Å². The Kier molecular flexibility index (Phi) is 6.08.